The molecule has 22 heavy (non-hydrogen) atoms. The number of hydrogen-bond donors (Lipinski definition) is 1. The van der Waals surface area contributed by atoms with E-state index < -0.39 is 0 Å². The van der Waals surface area contributed by atoms with Crippen LogP contribution in [0.25, 0.3) is 11.6 Å². The Morgan fingerprint density at radius 1 is 1.36 bits per heavy atom. The minimum atomic E-state index is 0.207. The molecule has 0 spiro atoms. The molecule has 116 valence electrons. The second-order valence-corrected chi connectivity index (χ2v) is 5.40. The molecule has 2 unspecified atom stereocenters. The van der Waals surface area contributed by atoms with E-state index in [2.05, 4.69) is 34.4 Å². The Hall–Kier alpha value is -2.41. The first-order valence-electron chi connectivity index (χ1n) is 7.24. The van der Waals surface area contributed by atoms with Crippen molar-refractivity contribution < 1.29 is 8.94 Å². The Labute approximate surface area is 128 Å². The number of hydrogen-bond acceptors (Lipinski definition) is 6. The average molecular weight is 301 g/mol. The number of aryl methyl sites for hydroxylation is 1. The summed E-state index contributed by atoms with van der Waals surface area (Å²) in [4.78, 5) is 4.30. The molecule has 1 N–H and O–H groups in total. The first kappa shape index (κ1) is 14.5. The first-order valence-corrected chi connectivity index (χ1v) is 7.24. The Balaban J connectivity index is 1.58. The molecule has 0 saturated heterocycles. The van der Waals surface area contributed by atoms with Crippen molar-refractivity contribution in [1.29, 1.82) is 0 Å². The Morgan fingerprint density at radius 3 is 2.91 bits per heavy atom. The summed E-state index contributed by atoms with van der Waals surface area (Å²) in [6.45, 7) is 6.75. The van der Waals surface area contributed by atoms with Gasteiger partial charge in [-0.15, -0.1) is 0 Å². The largest absolute Gasteiger partial charge is 0.461 e. The van der Waals surface area contributed by atoms with Gasteiger partial charge in [-0.2, -0.15) is 10.1 Å². The van der Waals surface area contributed by atoms with Crippen molar-refractivity contribution in [1.82, 2.24) is 25.2 Å². The molecule has 0 aliphatic rings. The second kappa shape index (κ2) is 6.15. The molecule has 3 heterocycles. The van der Waals surface area contributed by atoms with Gasteiger partial charge in [0.15, 0.2) is 5.76 Å². The van der Waals surface area contributed by atoms with E-state index >= 15 is 0 Å². The van der Waals surface area contributed by atoms with Gasteiger partial charge < -0.3 is 14.3 Å². The smallest absolute Gasteiger partial charge is 0.241 e. The highest BCUT2D eigenvalue weighted by molar-refractivity contribution is 5.44. The fourth-order valence-electron chi connectivity index (χ4n) is 2.14. The van der Waals surface area contributed by atoms with E-state index in [4.69, 9.17) is 8.94 Å². The van der Waals surface area contributed by atoms with Gasteiger partial charge in [0, 0.05) is 12.2 Å². The van der Waals surface area contributed by atoms with E-state index in [1.807, 2.05) is 24.0 Å². The Kier molecular flexibility index (Phi) is 4.06. The molecule has 3 rings (SSSR count). The zero-order chi connectivity index (χ0) is 15.5. The van der Waals surface area contributed by atoms with Crippen LogP contribution >= 0.6 is 0 Å². The van der Waals surface area contributed by atoms with Gasteiger partial charge in [0.2, 0.25) is 11.7 Å². The number of furan rings is 1. The quantitative estimate of drug-likeness (QED) is 0.753. The van der Waals surface area contributed by atoms with Crippen LogP contribution in [-0.4, -0.2) is 26.0 Å². The van der Waals surface area contributed by atoms with Crippen molar-refractivity contribution in [2.24, 2.45) is 0 Å². The first-order chi connectivity index (χ1) is 10.6. The monoisotopic (exact) mass is 301 g/mol. The fraction of sp³-hybridized carbons (Fsp3) is 0.400. The van der Waals surface area contributed by atoms with E-state index in [0.717, 1.165) is 5.56 Å². The molecule has 0 bridgehead atoms. The molecule has 3 aromatic heterocycles. The van der Waals surface area contributed by atoms with E-state index in [1.54, 1.807) is 18.4 Å². The highest BCUT2D eigenvalue weighted by Gasteiger charge is 2.16. The van der Waals surface area contributed by atoms with Crippen LogP contribution in [0, 0.1) is 6.92 Å². The number of rotatable bonds is 6. The van der Waals surface area contributed by atoms with Crippen LogP contribution in [0.2, 0.25) is 0 Å². The van der Waals surface area contributed by atoms with Gasteiger partial charge >= 0.3 is 0 Å². The van der Waals surface area contributed by atoms with Crippen LogP contribution < -0.4 is 5.32 Å². The lowest BCUT2D eigenvalue weighted by molar-refractivity contribution is 0.325. The third-order valence-electron chi connectivity index (χ3n) is 3.66. The van der Waals surface area contributed by atoms with Gasteiger partial charge in [0.05, 0.1) is 25.0 Å². The number of nitrogens with one attached hydrogen (secondary N) is 1. The van der Waals surface area contributed by atoms with E-state index in [9.17, 15) is 0 Å². The molecule has 3 aromatic rings. The summed E-state index contributed by atoms with van der Waals surface area (Å²) in [5.41, 5.74) is 1.15. The van der Waals surface area contributed by atoms with Gasteiger partial charge in [0.25, 0.3) is 0 Å². The molecule has 0 fully saturated rings. The van der Waals surface area contributed by atoms with Crippen LogP contribution in [0.1, 0.15) is 31.3 Å². The number of nitrogens with zero attached hydrogens (tertiary/aromatic N) is 4. The summed E-state index contributed by atoms with van der Waals surface area (Å²) < 4.78 is 12.4. The second-order valence-electron chi connectivity index (χ2n) is 5.40. The maximum absolute atomic E-state index is 5.24. The van der Waals surface area contributed by atoms with Crippen LogP contribution in [0.3, 0.4) is 0 Å². The van der Waals surface area contributed by atoms with Crippen molar-refractivity contribution in [3.63, 3.8) is 0 Å². The molecule has 0 aliphatic carbocycles. The zero-order valence-corrected chi connectivity index (χ0v) is 12.9. The van der Waals surface area contributed by atoms with Crippen molar-refractivity contribution in [2.45, 2.75) is 39.4 Å². The summed E-state index contributed by atoms with van der Waals surface area (Å²) in [5, 5.41) is 11.6. The van der Waals surface area contributed by atoms with Crippen molar-refractivity contribution in [3.8, 4) is 11.6 Å². The van der Waals surface area contributed by atoms with Crippen LogP contribution in [0.4, 0.5) is 0 Å². The lowest BCUT2D eigenvalue weighted by Gasteiger charge is -2.20. The van der Waals surface area contributed by atoms with Crippen LogP contribution in [0.15, 0.2) is 39.7 Å². The molecule has 7 nitrogen and oxygen atoms in total. The average Bonchev–Trinajstić information content (AvgIpc) is 3.24. The Morgan fingerprint density at radius 2 is 2.23 bits per heavy atom. The molecule has 0 amide bonds. The van der Waals surface area contributed by atoms with Gasteiger partial charge in [-0.05, 0) is 38.5 Å². The standard InChI is InChI=1S/C15H19N5O2/c1-10-7-17-20(9-10)12(3)11(2)16-8-14-18-15(19-22-14)13-5-4-6-21-13/h4-7,9,11-12,16H,8H2,1-3H3. The van der Waals surface area contributed by atoms with Gasteiger partial charge in [-0.1, -0.05) is 5.16 Å². The predicted molar refractivity (Wildman–Crippen MR) is 80.0 cm³/mol. The zero-order valence-electron chi connectivity index (χ0n) is 12.9. The minimum Gasteiger partial charge on any atom is -0.461 e. The molecular weight excluding hydrogens is 282 g/mol. The molecule has 2 atom stereocenters. The summed E-state index contributed by atoms with van der Waals surface area (Å²) in [6.07, 6.45) is 5.47. The minimum absolute atomic E-state index is 0.207. The topological polar surface area (TPSA) is 81.9 Å². The van der Waals surface area contributed by atoms with E-state index in [0.29, 0.717) is 24.0 Å². The molecule has 0 aromatic carbocycles. The molecule has 0 saturated carbocycles. The summed E-state index contributed by atoms with van der Waals surface area (Å²) in [6, 6.07) is 4.02. The molecular formula is C15H19N5O2. The maximum atomic E-state index is 5.24. The molecule has 0 aliphatic heterocycles. The van der Waals surface area contributed by atoms with E-state index in [-0.39, 0.29) is 12.1 Å². The van der Waals surface area contributed by atoms with Crippen LogP contribution in [-0.2, 0) is 6.54 Å². The highest BCUT2D eigenvalue weighted by atomic mass is 16.5. The third kappa shape index (κ3) is 3.09. The fourth-order valence-corrected chi connectivity index (χ4v) is 2.14. The lowest BCUT2D eigenvalue weighted by atomic mass is 10.2. The van der Waals surface area contributed by atoms with E-state index in [1.165, 1.54) is 0 Å². The third-order valence-corrected chi connectivity index (χ3v) is 3.66. The Bertz CT molecular complexity index is 716. The lowest BCUT2D eigenvalue weighted by Crippen LogP contribution is -2.33. The SMILES string of the molecule is Cc1cnn(C(C)C(C)NCc2nc(-c3ccco3)no2)c1. The van der Waals surface area contributed by atoms with Crippen LogP contribution in [0.5, 0.6) is 0 Å². The molecule has 0 radical (unpaired) electrons. The van der Waals surface area contributed by atoms with Gasteiger partial charge in [0.1, 0.15) is 0 Å². The van der Waals surface area contributed by atoms with Crippen molar-refractivity contribution >= 4 is 0 Å². The summed E-state index contributed by atoms with van der Waals surface area (Å²) in [5.74, 6) is 1.59. The van der Waals surface area contributed by atoms with Crippen molar-refractivity contribution in [3.05, 3.63) is 42.2 Å². The number of aromatic nitrogens is 4. The highest BCUT2D eigenvalue weighted by Crippen LogP contribution is 2.16. The van der Waals surface area contributed by atoms with Crippen molar-refractivity contribution in [2.75, 3.05) is 0 Å². The summed E-state index contributed by atoms with van der Waals surface area (Å²) in [7, 11) is 0. The summed E-state index contributed by atoms with van der Waals surface area (Å²) >= 11 is 0. The van der Waals surface area contributed by atoms with Gasteiger partial charge in [-0.3, -0.25) is 4.68 Å². The normalized spacial score (nSPS) is 14.1. The molecule has 7 heteroatoms. The predicted octanol–water partition coefficient (Wildman–Crippen LogP) is 2.57. The van der Waals surface area contributed by atoms with Gasteiger partial charge in [-0.25, -0.2) is 0 Å². The maximum Gasteiger partial charge on any atom is 0.241 e.